The summed E-state index contributed by atoms with van der Waals surface area (Å²) in [7, 11) is -0.773. The number of sulfonamides is 1. The number of halogens is 1. The first kappa shape index (κ1) is 21.0. The van der Waals surface area contributed by atoms with Crippen LogP contribution in [0, 0.1) is 0 Å². The van der Waals surface area contributed by atoms with E-state index in [-0.39, 0.29) is 11.4 Å². The standard InChI is InChI=1S/C18H21ClN2O5S/c1-12(21-27(23,24)15-7-5-14(19)6-8-15)18(22)20-11-13-4-9-16(25-2)17(10-13)26-3/h4-10,12,21H,11H2,1-3H3,(H,20,22). The van der Waals surface area contributed by atoms with Gasteiger partial charge in [0.05, 0.1) is 25.2 Å². The smallest absolute Gasteiger partial charge is 0.241 e. The van der Waals surface area contributed by atoms with Gasteiger partial charge in [0.15, 0.2) is 11.5 Å². The molecule has 0 aromatic heterocycles. The van der Waals surface area contributed by atoms with Crippen molar-refractivity contribution in [2.75, 3.05) is 14.2 Å². The van der Waals surface area contributed by atoms with E-state index in [0.717, 1.165) is 5.56 Å². The highest BCUT2D eigenvalue weighted by atomic mass is 35.5. The molecule has 0 saturated carbocycles. The van der Waals surface area contributed by atoms with Gasteiger partial charge in [-0.05, 0) is 48.9 Å². The minimum atomic E-state index is -3.83. The topological polar surface area (TPSA) is 93.7 Å². The van der Waals surface area contributed by atoms with Crippen LogP contribution in [-0.4, -0.2) is 34.6 Å². The maximum absolute atomic E-state index is 12.3. The molecule has 2 N–H and O–H groups in total. The normalized spacial score (nSPS) is 12.3. The number of carbonyl (C=O) groups excluding carboxylic acids is 1. The minimum absolute atomic E-state index is 0.0337. The van der Waals surface area contributed by atoms with Crippen molar-refractivity contribution >= 4 is 27.5 Å². The molecule has 0 aliphatic heterocycles. The van der Waals surface area contributed by atoms with Crippen molar-refractivity contribution in [1.82, 2.24) is 10.0 Å². The van der Waals surface area contributed by atoms with Gasteiger partial charge in [-0.1, -0.05) is 17.7 Å². The number of hydrogen-bond donors (Lipinski definition) is 2. The Balaban J connectivity index is 1.98. The summed E-state index contributed by atoms with van der Waals surface area (Å²) in [5.74, 6) is 0.666. The Morgan fingerprint density at radius 3 is 2.30 bits per heavy atom. The first-order valence-electron chi connectivity index (χ1n) is 8.03. The van der Waals surface area contributed by atoms with E-state index in [1.807, 2.05) is 0 Å². The molecule has 0 fully saturated rings. The maximum atomic E-state index is 12.3. The van der Waals surface area contributed by atoms with Gasteiger partial charge in [0.1, 0.15) is 0 Å². The average Bonchev–Trinajstić information content (AvgIpc) is 2.65. The highest BCUT2D eigenvalue weighted by Crippen LogP contribution is 2.27. The fourth-order valence-corrected chi connectivity index (χ4v) is 3.63. The predicted octanol–water partition coefficient (Wildman–Crippen LogP) is 2.34. The van der Waals surface area contributed by atoms with Crippen LogP contribution >= 0.6 is 11.6 Å². The van der Waals surface area contributed by atoms with E-state index in [1.165, 1.54) is 45.4 Å². The van der Waals surface area contributed by atoms with Crippen LogP contribution in [0.4, 0.5) is 0 Å². The largest absolute Gasteiger partial charge is 0.493 e. The van der Waals surface area contributed by atoms with Gasteiger partial charge in [-0.25, -0.2) is 8.42 Å². The predicted molar refractivity (Wildman–Crippen MR) is 103 cm³/mol. The molecule has 7 nitrogen and oxygen atoms in total. The Bertz CT molecular complexity index is 900. The van der Waals surface area contributed by atoms with Crippen LogP contribution in [0.2, 0.25) is 5.02 Å². The van der Waals surface area contributed by atoms with Gasteiger partial charge in [-0.3, -0.25) is 4.79 Å². The molecule has 0 radical (unpaired) electrons. The zero-order valence-electron chi connectivity index (χ0n) is 15.2. The molecule has 0 bridgehead atoms. The van der Waals surface area contributed by atoms with Gasteiger partial charge in [0.2, 0.25) is 15.9 Å². The molecule has 1 amide bonds. The summed E-state index contributed by atoms with van der Waals surface area (Å²) in [4.78, 5) is 12.3. The molecule has 9 heteroatoms. The molecule has 2 aromatic rings. The monoisotopic (exact) mass is 412 g/mol. The van der Waals surface area contributed by atoms with Crippen LogP contribution in [0.5, 0.6) is 11.5 Å². The van der Waals surface area contributed by atoms with E-state index < -0.39 is 22.0 Å². The third-order valence-corrected chi connectivity index (χ3v) is 5.57. The summed E-state index contributed by atoms with van der Waals surface area (Å²) in [6.45, 7) is 1.68. The highest BCUT2D eigenvalue weighted by Gasteiger charge is 2.22. The summed E-state index contributed by atoms with van der Waals surface area (Å²) < 4.78 is 37.4. The summed E-state index contributed by atoms with van der Waals surface area (Å²) in [5.41, 5.74) is 0.786. The average molecular weight is 413 g/mol. The van der Waals surface area contributed by atoms with Gasteiger partial charge in [0.25, 0.3) is 0 Å². The Morgan fingerprint density at radius 1 is 1.07 bits per heavy atom. The molecule has 2 aromatic carbocycles. The number of nitrogens with one attached hydrogen (secondary N) is 2. The zero-order chi connectivity index (χ0) is 20.0. The van der Waals surface area contributed by atoms with Crippen LogP contribution in [0.3, 0.4) is 0 Å². The van der Waals surface area contributed by atoms with Crippen molar-refractivity contribution in [1.29, 1.82) is 0 Å². The second kappa shape index (κ2) is 9.07. The van der Waals surface area contributed by atoms with Crippen LogP contribution in [0.1, 0.15) is 12.5 Å². The lowest BCUT2D eigenvalue weighted by Gasteiger charge is -2.15. The quantitative estimate of drug-likeness (QED) is 0.694. The molecule has 1 unspecified atom stereocenters. The number of rotatable bonds is 8. The lowest BCUT2D eigenvalue weighted by molar-refractivity contribution is -0.122. The Labute approximate surface area is 163 Å². The molecular formula is C18H21ClN2O5S. The first-order chi connectivity index (χ1) is 12.8. The summed E-state index contributed by atoms with van der Waals surface area (Å²) >= 11 is 5.76. The highest BCUT2D eigenvalue weighted by molar-refractivity contribution is 7.89. The second-order valence-electron chi connectivity index (χ2n) is 5.70. The van der Waals surface area contributed by atoms with Gasteiger partial charge in [-0.15, -0.1) is 0 Å². The van der Waals surface area contributed by atoms with E-state index in [4.69, 9.17) is 21.1 Å². The fraction of sp³-hybridized carbons (Fsp3) is 0.278. The molecule has 1 atom stereocenters. The summed E-state index contributed by atoms with van der Waals surface area (Å²) in [6.07, 6.45) is 0. The fourth-order valence-electron chi connectivity index (χ4n) is 2.30. The van der Waals surface area contributed by atoms with Crippen molar-refractivity contribution in [3.8, 4) is 11.5 Å². The van der Waals surface area contributed by atoms with Gasteiger partial charge >= 0.3 is 0 Å². The second-order valence-corrected chi connectivity index (χ2v) is 7.85. The zero-order valence-corrected chi connectivity index (χ0v) is 16.7. The van der Waals surface area contributed by atoms with Crippen molar-refractivity contribution in [2.45, 2.75) is 24.4 Å². The summed E-state index contributed by atoms with van der Waals surface area (Å²) in [6, 6.07) is 9.98. The van der Waals surface area contributed by atoms with E-state index in [1.54, 1.807) is 18.2 Å². The van der Waals surface area contributed by atoms with Gasteiger partial charge in [0, 0.05) is 11.6 Å². The van der Waals surface area contributed by atoms with E-state index >= 15 is 0 Å². The van der Waals surface area contributed by atoms with Crippen molar-refractivity contribution in [2.24, 2.45) is 0 Å². The number of amides is 1. The van der Waals surface area contributed by atoms with E-state index in [0.29, 0.717) is 16.5 Å². The molecule has 0 aliphatic rings. The first-order valence-corrected chi connectivity index (χ1v) is 9.89. The van der Waals surface area contributed by atoms with E-state index in [2.05, 4.69) is 10.0 Å². The van der Waals surface area contributed by atoms with Crippen molar-refractivity contribution < 1.29 is 22.7 Å². The van der Waals surface area contributed by atoms with Gasteiger partial charge < -0.3 is 14.8 Å². The van der Waals surface area contributed by atoms with Crippen LogP contribution in [-0.2, 0) is 21.4 Å². The minimum Gasteiger partial charge on any atom is -0.493 e. The van der Waals surface area contributed by atoms with E-state index in [9.17, 15) is 13.2 Å². The van der Waals surface area contributed by atoms with Crippen molar-refractivity contribution in [3.05, 3.63) is 53.1 Å². The Morgan fingerprint density at radius 2 is 1.70 bits per heavy atom. The lowest BCUT2D eigenvalue weighted by atomic mass is 10.2. The molecule has 0 saturated heterocycles. The third kappa shape index (κ3) is 5.59. The maximum Gasteiger partial charge on any atom is 0.241 e. The molecule has 0 heterocycles. The van der Waals surface area contributed by atoms with Gasteiger partial charge in [-0.2, -0.15) is 4.72 Å². The molecule has 27 heavy (non-hydrogen) atoms. The number of methoxy groups -OCH3 is 2. The molecule has 2 rings (SSSR count). The third-order valence-electron chi connectivity index (χ3n) is 3.76. The van der Waals surface area contributed by atoms with Crippen molar-refractivity contribution in [3.63, 3.8) is 0 Å². The molecule has 0 spiro atoms. The Hall–Kier alpha value is -2.29. The molecule has 0 aliphatic carbocycles. The SMILES string of the molecule is COc1ccc(CNC(=O)C(C)NS(=O)(=O)c2ccc(Cl)cc2)cc1OC. The van der Waals surface area contributed by atoms with Crippen LogP contribution < -0.4 is 19.5 Å². The number of ether oxygens (including phenoxy) is 2. The molecular weight excluding hydrogens is 392 g/mol. The Kier molecular flexibility index (Phi) is 7.06. The lowest BCUT2D eigenvalue weighted by Crippen LogP contribution is -2.44. The summed E-state index contributed by atoms with van der Waals surface area (Å²) in [5, 5.41) is 3.11. The van der Waals surface area contributed by atoms with Crippen LogP contribution in [0.25, 0.3) is 0 Å². The number of hydrogen-bond acceptors (Lipinski definition) is 5. The number of benzene rings is 2. The van der Waals surface area contributed by atoms with Crippen LogP contribution in [0.15, 0.2) is 47.4 Å². The molecule has 146 valence electrons. The number of carbonyl (C=O) groups is 1.